The molecule has 4 rings (SSSR count). The third kappa shape index (κ3) is 3.53. The standard InChI is InChI=1S/C21H29NO4/c1-15(26-16(2)23)19-12-18-8-9-21(24-10-11-25-21)13-20(18)22(19)14-17-6-4-3-5-7-17/h3-7,15,18-20H,8-14H2,1-2H3/t15-,18-,19-,20-/m0/s1. The van der Waals surface area contributed by atoms with E-state index in [1.54, 1.807) is 0 Å². The van der Waals surface area contributed by atoms with Gasteiger partial charge in [-0.05, 0) is 31.2 Å². The average Bonchev–Trinajstić information content (AvgIpc) is 3.21. The predicted octanol–water partition coefficient (Wildman–Crippen LogP) is 3.12. The molecule has 1 aromatic rings. The molecule has 0 aromatic heterocycles. The van der Waals surface area contributed by atoms with E-state index in [-0.39, 0.29) is 18.1 Å². The van der Waals surface area contributed by atoms with E-state index < -0.39 is 5.79 Å². The molecule has 0 radical (unpaired) electrons. The van der Waals surface area contributed by atoms with Gasteiger partial charge in [-0.2, -0.15) is 0 Å². The summed E-state index contributed by atoms with van der Waals surface area (Å²) in [5.41, 5.74) is 1.29. The molecule has 0 N–H and O–H groups in total. The number of ether oxygens (including phenoxy) is 3. The lowest BCUT2D eigenvalue weighted by molar-refractivity contribution is -0.193. The number of carbonyl (C=O) groups excluding carboxylic acids is 1. The van der Waals surface area contributed by atoms with Gasteiger partial charge in [-0.3, -0.25) is 9.69 Å². The molecule has 2 heterocycles. The monoisotopic (exact) mass is 359 g/mol. The van der Waals surface area contributed by atoms with Gasteiger partial charge in [0.25, 0.3) is 0 Å². The quantitative estimate of drug-likeness (QED) is 0.773. The SMILES string of the molecule is CC(=O)O[C@@H](C)[C@@H]1C[C@@H]2CCC3(C[C@@H]2N1Cc1ccccc1)OCCO3. The van der Waals surface area contributed by atoms with Crippen molar-refractivity contribution in [2.45, 2.75) is 70.1 Å². The van der Waals surface area contributed by atoms with E-state index >= 15 is 0 Å². The lowest BCUT2D eigenvalue weighted by Gasteiger charge is -2.42. The fourth-order valence-corrected chi connectivity index (χ4v) is 5.13. The van der Waals surface area contributed by atoms with Crippen LogP contribution in [0.25, 0.3) is 0 Å². The summed E-state index contributed by atoms with van der Waals surface area (Å²) in [6, 6.07) is 11.2. The van der Waals surface area contributed by atoms with Crippen molar-refractivity contribution >= 4 is 5.97 Å². The molecule has 142 valence electrons. The lowest BCUT2D eigenvalue weighted by Crippen LogP contribution is -2.49. The van der Waals surface area contributed by atoms with Crippen LogP contribution < -0.4 is 0 Å². The Bertz CT molecular complexity index is 628. The van der Waals surface area contributed by atoms with Gasteiger partial charge < -0.3 is 14.2 Å². The number of esters is 1. The van der Waals surface area contributed by atoms with Crippen molar-refractivity contribution in [1.82, 2.24) is 4.90 Å². The van der Waals surface area contributed by atoms with Gasteiger partial charge in [0.2, 0.25) is 0 Å². The average molecular weight is 359 g/mol. The fraction of sp³-hybridized carbons (Fsp3) is 0.667. The minimum absolute atomic E-state index is 0.108. The summed E-state index contributed by atoms with van der Waals surface area (Å²) in [6.07, 6.45) is 3.96. The van der Waals surface area contributed by atoms with Crippen LogP contribution in [0.15, 0.2) is 30.3 Å². The maximum atomic E-state index is 11.5. The first kappa shape index (κ1) is 18.0. The first-order valence-electron chi connectivity index (χ1n) is 9.81. The maximum absolute atomic E-state index is 11.5. The summed E-state index contributed by atoms with van der Waals surface area (Å²) in [6.45, 7) is 5.79. The highest BCUT2D eigenvalue weighted by atomic mass is 16.7. The fourth-order valence-electron chi connectivity index (χ4n) is 5.13. The smallest absolute Gasteiger partial charge is 0.302 e. The zero-order chi connectivity index (χ0) is 18.1. The Morgan fingerprint density at radius 3 is 2.73 bits per heavy atom. The van der Waals surface area contributed by atoms with E-state index in [2.05, 4.69) is 29.2 Å². The maximum Gasteiger partial charge on any atom is 0.302 e. The largest absolute Gasteiger partial charge is 0.461 e. The highest BCUT2D eigenvalue weighted by Crippen LogP contribution is 2.47. The number of likely N-dealkylation sites (tertiary alicyclic amines) is 1. The number of rotatable bonds is 4. The zero-order valence-electron chi connectivity index (χ0n) is 15.7. The molecule has 5 nitrogen and oxygen atoms in total. The second-order valence-corrected chi connectivity index (χ2v) is 7.95. The van der Waals surface area contributed by atoms with Crippen LogP contribution in [0.1, 0.15) is 45.1 Å². The van der Waals surface area contributed by atoms with Crippen LogP contribution in [0.4, 0.5) is 0 Å². The Hall–Kier alpha value is -1.43. The number of hydrogen-bond donors (Lipinski definition) is 0. The topological polar surface area (TPSA) is 48.0 Å². The number of hydrogen-bond acceptors (Lipinski definition) is 5. The van der Waals surface area contributed by atoms with E-state index in [0.29, 0.717) is 25.2 Å². The molecular weight excluding hydrogens is 330 g/mol. The van der Waals surface area contributed by atoms with Crippen LogP contribution in [0.3, 0.4) is 0 Å². The van der Waals surface area contributed by atoms with Crippen molar-refractivity contribution in [2.24, 2.45) is 5.92 Å². The van der Waals surface area contributed by atoms with E-state index in [0.717, 1.165) is 32.2 Å². The molecular formula is C21H29NO4. The Kier molecular flexibility index (Phi) is 5.04. The molecule has 0 amide bonds. The zero-order valence-corrected chi connectivity index (χ0v) is 15.7. The molecule has 1 spiro atoms. The molecule has 3 aliphatic rings. The summed E-state index contributed by atoms with van der Waals surface area (Å²) in [7, 11) is 0. The molecule has 3 fully saturated rings. The van der Waals surface area contributed by atoms with Gasteiger partial charge >= 0.3 is 5.97 Å². The Labute approximate surface area is 155 Å². The molecule has 26 heavy (non-hydrogen) atoms. The van der Waals surface area contributed by atoms with Crippen LogP contribution in [-0.4, -0.2) is 48.1 Å². The molecule has 4 atom stereocenters. The first-order valence-corrected chi connectivity index (χ1v) is 9.81. The van der Waals surface area contributed by atoms with Gasteiger partial charge in [0.1, 0.15) is 6.10 Å². The molecule has 5 heteroatoms. The van der Waals surface area contributed by atoms with Gasteiger partial charge in [-0.25, -0.2) is 0 Å². The van der Waals surface area contributed by atoms with Gasteiger partial charge in [0.15, 0.2) is 5.79 Å². The number of fused-ring (bicyclic) bond motifs is 1. The number of carbonyl (C=O) groups is 1. The normalized spacial score (nSPS) is 31.7. The molecule has 2 saturated heterocycles. The van der Waals surface area contributed by atoms with Crippen LogP contribution in [0.2, 0.25) is 0 Å². The highest BCUT2D eigenvalue weighted by Gasteiger charge is 2.52. The second kappa shape index (κ2) is 7.29. The third-order valence-corrected chi connectivity index (χ3v) is 6.27. The Morgan fingerprint density at radius 2 is 2.04 bits per heavy atom. The van der Waals surface area contributed by atoms with Gasteiger partial charge in [-0.15, -0.1) is 0 Å². The van der Waals surface area contributed by atoms with E-state index in [1.165, 1.54) is 12.5 Å². The van der Waals surface area contributed by atoms with Gasteiger partial charge in [0.05, 0.1) is 13.2 Å². The van der Waals surface area contributed by atoms with Gasteiger partial charge in [-0.1, -0.05) is 30.3 Å². The van der Waals surface area contributed by atoms with Crippen molar-refractivity contribution in [1.29, 1.82) is 0 Å². The Morgan fingerprint density at radius 1 is 1.31 bits per heavy atom. The third-order valence-electron chi connectivity index (χ3n) is 6.27. The summed E-state index contributed by atoms with van der Waals surface area (Å²) in [4.78, 5) is 14.1. The van der Waals surface area contributed by atoms with Crippen LogP contribution in [0.5, 0.6) is 0 Å². The van der Waals surface area contributed by atoms with Crippen LogP contribution >= 0.6 is 0 Å². The van der Waals surface area contributed by atoms with E-state index in [9.17, 15) is 4.79 Å². The summed E-state index contributed by atoms with van der Waals surface area (Å²) < 4.78 is 17.6. The predicted molar refractivity (Wildman–Crippen MR) is 97.4 cm³/mol. The molecule has 1 saturated carbocycles. The van der Waals surface area contributed by atoms with Crippen LogP contribution in [-0.2, 0) is 25.5 Å². The van der Waals surface area contributed by atoms with Gasteiger partial charge in [0, 0.05) is 38.4 Å². The lowest BCUT2D eigenvalue weighted by atomic mass is 9.81. The summed E-state index contributed by atoms with van der Waals surface area (Å²) >= 11 is 0. The number of benzene rings is 1. The van der Waals surface area contributed by atoms with E-state index in [4.69, 9.17) is 14.2 Å². The highest BCUT2D eigenvalue weighted by molar-refractivity contribution is 5.66. The van der Waals surface area contributed by atoms with E-state index in [1.807, 2.05) is 13.0 Å². The summed E-state index contributed by atoms with van der Waals surface area (Å²) in [5, 5.41) is 0. The van der Waals surface area contributed by atoms with Crippen LogP contribution in [0, 0.1) is 5.92 Å². The minimum Gasteiger partial charge on any atom is -0.461 e. The molecule has 1 aliphatic carbocycles. The van der Waals surface area contributed by atoms with Crippen molar-refractivity contribution in [3.63, 3.8) is 0 Å². The molecule has 2 aliphatic heterocycles. The Balaban J connectivity index is 1.57. The van der Waals surface area contributed by atoms with Crippen molar-refractivity contribution < 1.29 is 19.0 Å². The second-order valence-electron chi connectivity index (χ2n) is 7.95. The van der Waals surface area contributed by atoms with Crippen molar-refractivity contribution in [3.8, 4) is 0 Å². The molecule has 0 bridgehead atoms. The summed E-state index contributed by atoms with van der Waals surface area (Å²) in [5.74, 6) is 0.0152. The molecule has 0 unspecified atom stereocenters. The van der Waals surface area contributed by atoms with Crippen molar-refractivity contribution in [2.75, 3.05) is 13.2 Å². The minimum atomic E-state index is -0.393. The number of nitrogens with zero attached hydrogens (tertiary/aromatic N) is 1. The van der Waals surface area contributed by atoms with Crippen molar-refractivity contribution in [3.05, 3.63) is 35.9 Å². The first-order chi connectivity index (χ1) is 12.6. The molecule has 1 aromatic carbocycles.